The van der Waals surface area contributed by atoms with Crippen molar-refractivity contribution in [1.29, 1.82) is 0 Å². The fourth-order valence-corrected chi connectivity index (χ4v) is 3.69. The molecule has 0 bridgehead atoms. The smallest absolute Gasteiger partial charge is 0.340 e. The number of ether oxygens (including phenoxy) is 1. The second kappa shape index (κ2) is 8.10. The van der Waals surface area contributed by atoms with Crippen molar-refractivity contribution >= 4 is 35.1 Å². The Bertz CT molecular complexity index is 972. The van der Waals surface area contributed by atoms with Gasteiger partial charge in [0, 0.05) is 34.1 Å². The van der Waals surface area contributed by atoms with Crippen LogP contribution in [0.3, 0.4) is 0 Å². The first kappa shape index (κ1) is 20.0. The van der Waals surface area contributed by atoms with Gasteiger partial charge in [-0.1, -0.05) is 34.1 Å². The molecule has 1 heterocycles. The molecule has 27 heavy (non-hydrogen) atoms. The van der Waals surface area contributed by atoms with Crippen molar-refractivity contribution in [1.82, 2.24) is 4.98 Å². The molecule has 0 aliphatic heterocycles. The second-order valence-electron chi connectivity index (χ2n) is 5.72. The lowest BCUT2D eigenvalue weighted by Gasteiger charge is -2.19. The van der Waals surface area contributed by atoms with Crippen LogP contribution in [-0.4, -0.2) is 21.4 Å². The number of benzene rings is 2. The summed E-state index contributed by atoms with van der Waals surface area (Å²) in [5, 5.41) is 0.976. The summed E-state index contributed by atoms with van der Waals surface area (Å²) in [5.41, 5.74) is -3.81. The highest BCUT2D eigenvalue weighted by atomic mass is 79.9. The summed E-state index contributed by atoms with van der Waals surface area (Å²) >= 11 is 3.03. The summed E-state index contributed by atoms with van der Waals surface area (Å²) in [5.74, 6) is -0.125. The van der Waals surface area contributed by atoms with E-state index in [4.69, 9.17) is 14.5 Å². The molecule has 1 aromatic heterocycles. The molecule has 0 aliphatic carbocycles. The van der Waals surface area contributed by atoms with Crippen molar-refractivity contribution in [2.24, 2.45) is 0 Å². The normalized spacial score (nSPS) is 12.0. The molecule has 3 rings (SSSR count). The number of halogens is 4. The Morgan fingerprint density at radius 1 is 1.11 bits per heavy atom. The largest absolute Gasteiger partial charge is 0.477 e. The van der Waals surface area contributed by atoms with Gasteiger partial charge < -0.3 is 14.5 Å². The van der Waals surface area contributed by atoms with Gasteiger partial charge >= 0.3 is 5.66 Å². The number of pyridine rings is 1. The molecule has 0 spiro atoms. The van der Waals surface area contributed by atoms with Gasteiger partial charge in [-0.05, 0) is 29.1 Å². The van der Waals surface area contributed by atoms with E-state index in [9.17, 15) is 13.2 Å². The average molecular weight is 460 g/mol. The van der Waals surface area contributed by atoms with E-state index in [2.05, 4.69) is 20.9 Å². The van der Waals surface area contributed by atoms with E-state index in [0.29, 0.717) is 22.8 Å². The molecule has 142 valence electrons. The Balaban J connectivity index is 1.82. The predicted molar refractivity (Wildman–Crippen MR) is 100 cm³/mol. The average Bonchev–Trinajstić information content (AvgIpc) is 2.62. The topological polar surface area (TPSA) is 62.6 Å². The summed E-state index contributed by atoms with van der Waals surface area (Å²) in [6.45, 7) is 0.164. The van der Waals surface area contributed by atoms with Crippen molar-refractivity contribution in [3.63, 3.8) is 0 Å². The number of nitrogens with zero attached hydrogens (tertiary/aromatic N) is 1. The van der Waals surface area contributed by atoms with Crippen molar-refractivity contribution in [3.05, 3.63) is 70.1 Å². The Labute approximate surface area is 162 Å². The van der Waals surface area contributed by atoms with Crippen LogP contribution in [0.2, 0.25) is 0 Å². The molecule has 0 aliphatic rings. The lowest BCUT2D eigenvalue weighted by atomic mass is 10.1. The molecule has 0 fully saturated rings. The molecule has 0 radical (unpaired) electrons. The van der Waals surface area contributed by atoms with Gasteiger partial charge in [0.25, 0.3) is 0 Å². The fourth-order valence-electron chi connectivity index (χ4n) is 2.53. The van der Waals surface area contributed by atoms with Crippen LogP contribution in [0.15, 0.2) is 53.1 Å². The van der Waals surface area contributed by atoms with Crippen molar-refractivity contribution in [2.75, 3.05) is 6.61 Å². The van der Waals surface area contributed by atoms with Crippen molar-refractivity contribution in [2.45, 2.75) is 12.1 Å². The highest BCUT2D eigenvalue weighted by Crippen LogP contribution is 2.54. The molecule has 0 amide bonds. The molecular weight excluding hydrogens is 446 g/mol. The van der Waals surface area contributed by atoms with Gasteiger partial charge in [0.2, 0.25) is 14.3 Å². The summed E-state index contributed by atoms with van der Waals surface area (Å²) in [6.07, 6.45) is 1.79. The molecule has 0 atom stereocenters. The SMILES string of the molecule is OP(O)C(F)(F)c1cc2cc(OCCc3ccccc3F)ncc2cc1Br. The zero-order chi connectivity index (χ0) is 19.6. The maximum Gasteiger partial charge on any atom is 0.340 e. The quantitative estimate of drug-likeness (QED) is 0.503. The molecule has 2 aromatic carbocycles. The van der Waals surface area contributed by atoms with E-state index in [0.717, 1.165) is 6.07 Å². The Morgan fingerprint density at radius 2 is 1.85 bits per heavy atom. The first-order valence-corrected chi connectivity index (χ1v) is 9.85. The molecule has 0 unspecified atom stereocenters. The maximum atomic E-state index is 14.0. The van der Waals surface area contributed by atoms with E-state index in [-0.39, 0.29) is 22.8 Å². The molecule has 4 nitrogen and oxygen atoms in total. The highest BCUT2D eigenvalue weighted by molar-refractivity contribution is 9.10. The molecule has 9 heteroatoms. The van der Waals surface area contributed by atoms with Crippen LogP contribution in [0.4, 0.5) is 13.2 Å². The van der Waals surface area contributed by atoms with Crippen LogP contribution < -0.4 is 4.74 Å². The van der Waals surface area contributed by atoms with Gasteiger partial charge in [-0.25, -0.2) is 9.37 Å². The second-order valence-corrected chi connectivity index (χ2v) is 7.72. The minimum absolute atomic E-state index is 0.0469. The molecule has 3 aromatic rings. The zero-order valence-corrected chi connectivity index (χ0v) is 16.2. The van der Waals surface area contributed by atoms with Gasteiger partial charge in [0.15, 0.2) is 0 Å². The Hall–Kier alpha value is -1.73. The maximum absolute atomic E-state index is 14.0. The number of alkyl halides is 2. The number of rotatable bonds is 6. The predicted octanol–water partition coefficient (Wildman–Crippen LogP) is 5.10. The number of fused-ring (bicyclic) bond motifs is 1. The van der Waals surface area contributed by atoms with Crippen LogP contribution in [0.1, 0.15) is 11.1 Å². The summed E-state index contributed by atoms with van der Waals surface area (Å²) in [4.78, 5) is 22.1. The van der Waals surface area contributed by atoms with Crippen molar-refractivity contribution < 1.29 is 27.7 Å². The third-order valence-corrected chi connectivity index (χ3v) is 5.34. The first-order valence-electron chi connectivity index (χ1n) is 7.81. The third-order valence-electron chi connectivity index (χ3n) is 3.94. The van der Waals surface area contributed by atoms with Crippen LogP contribution in [-0.2, 0) is 12.1 Å². The minimum atomic E-state index is -3.78. The molecule has 0 saturated heterocycles. The Kier molecular flexibility index (Phi) is 6.01. The highest BCUT2D eigenvalue weighted by Gasteiger charge is 2.42. The van der Waals surface area contributed by atoms with Crippen LogP contribution in [0.5, 0.6) is 5.88 Å². The van der Waals surface area contributed by atoms with Crippen LogP contribution >= 0.6 is 24.3 Å². The van der Waals surface area contributed by atoms with Crippen LogP contribution in [0.25, 0.3) is 10.8 Å². The minimum Gasteiger partial charge on any atom is -0.477 e. The monoisotopic (exact) mass is 459 g/mol. The van der Waals surface area contributed by atoms with E-state index >= 15 is 0 Å². The number of aromatic nitrogens is 1. The van der Waals surface area contributed by atoms with E-state index in [1.54, 1.807) is 18.2 Å². The van der Waals surface area contributed by atoms with E-state index in [1.807, 2.05) is 0 Å². The van der Waals surface area contributed by atoms with Crippen LogP contribution in [0, 0.1) is 5.82 Å². The molecule has 2 N–H and O–H groups in total. The lowest BCUT2D eigenvalue weighted by Crippen LogP contribution is -2.11. The first-order chi connectivity index (χ1) is 12.8. The van der Waals surface area contributed by atoms with Gasteiger partial charge in [-0.15, -0.1) is 0 Å². The zero-order valence-electron chi connectivity index (χ0n) is 13.7. The summed E-state index contributed by atoms with van der Waals surface area (Å²) < 4.78 is 47.2. The fraction of sp³-hybridized carbons (Fsp3) is 0.167. The van der Waals surface area contributed by atoms with Gasteiger partial charge in [-0.2, -0.15) is 8.78 Å². The van der Waals surface area contributed by atoms with Crippen molar-refractivity contribution in [3.8, 4) is 5.88 Å². The number of hydrogen-bond acceptors (Lipinski definition) is 4. The molecule has 0 saturated carbocycles. The lowest BCUT2D eigenvalue weighted by molar-refractivity contribution is 0.0726. The summed E-state index contributed by atoms with van der Waals surface area (Å²) in [7, 11) is -3.48. The van der Waals surface area contributed by atoms with E-state index < -0.39 is 19.6 Å². The van der Waals surface area contributed by atoms with Gasteiger partial charge in [-0.3, -0.25) is 0 Å². The molecular formula is C18H14BrF3NO3P. The standard InChI is InChI=1S/C18H14BrF3NO3P/c19-15-8-13-10-23-17(26-6-5-11-3-1-2-4-16(11)20)9-12(13)7-14(15)18(21,22)27(24)25/h1-4,7-10,24-25H,5-6H2. The van der Waals surface area contributed by atoms with Gasteiger partial charge in [0.1, 0.15) is 5.82 Å². The summed E-state index contributed by atoms with van der Waals surface area (Å²) in [6, 6.07) is 10.4. The van der Waals surface area contributed by atoms with Gasteiger partial charge in [0.05, 0.1) is 6.61 Å². The number of hydrogen-bond donors (Lipinski definition) is 2. The van der Waals surface area contributed by atoms with E-state index in [1.165, 1.54) is 24.4 Å². The third kappa shape index (κ3) is 4.41. The Morgan fingerprint density at radius 3 is 2.56 bits per heavy atom.